The van der Waals surface area contributed by atoms with Gasteiger partial charge in [-0.1, -0.05) is 5.16 Å². The van der Waals surface area contributed by atoms with Gasteiger partial charge in [0.05, 0.1) is 0 Å². The summed E-state index contributed by atoms with van der Waals surface area (Å²) in [6, 6.07) is 1.95. The lowest BCUT2D eigenvalue weighted by atomic mass is 10.4. The van der Waals surface area contributed by atoms with Crippen molar-refractivity contribution in [3.63, 3.8) is 0 Å². The quantitative estimate of drug-likeness (QED) is 0.657. The summed E-state index contributed by atoms with van der Waals surface area (Å²) >= 11 is 9.25. The van der Waals surface area contributed by atoms with Crippen LogP contribution in [0.5, 0.6) is 0 Å². The van der Waals surface area contributed by atoms with E-state index in [-0.39, 0.29) is 0 Å². The number of halogens is 2. The fourth-order valence-corrected chi connectivity index (χ4v) is 2.55. The number of hydrogen-bond acceptors (Lipinski definition) is 5. The van der Waals surface area contributed by atoms with Gasteiger partial charge < -0.3 is 9.09 Å². The zero-order valence-corrected chi connectivity index (χ0v) is 12.8. The van der Waals surface area contributed by atoms with Gasteiger partial charge in [-0.3, -0.25) is 0 Å². The minimum Gasteiger partial charge on any atom is -0.340 e. The summed E-state index contributed by atoms with van der Waals surface area (Å²) in [5.74, 6) is 2.03. The molecule has 3 rings (SSSR count). The molecule has 20 heavy (non-hydrogen) atoms. The molecule has 0 saturated heterocycles. The molecule has 0 aliphatic heterocycles. The van der Waals surface area contributed by atoms with Crippen molar-refractivity contribution >= 4 is 38.7 Å². The lowest BCUT2D eigenvalue weighted by molar-refractivity contribution is 0.370. The predicted molar refractivity (Wildman–Crippen MR) is 77.7 cm³/mol. The van der Waals surface area contributed by atoms with Gasteiger partial charge in [-0.05, 0) is 22.0 Å². The Labute approximate surface area is 128 Å². The largest absolute Gasteiger partial charge is 0.340 e. The van der Waals surface area contributed by atoms with Gasteiger partial charge in [-0.25, -0.2) is 9.97 Å². The highest BCUT2D eigenvalue weighted by atomic mass is 79.9. The monoisotopic (exact) mass is 355 g/mol. The van der Waals surface area contributed by atoms with Crippen LogP contribution in [-0.4, -0.2) is 30.6 Å². The lowest BCUT2D eigenvalue weighted by Gasteiger charge is -2.05. The number of rotatable bonds is 5. The van der Waals surface area contributed by atoms with Gasteiger partial charge in [-0.2, -0.15) is 4.98 Å². The molecule has 0 N–H and O–H groups in total. The molecule has 0 radical (unpaired) electrons. The molecule has 0 atom stereocenters. The van der Waals surface area contributed by atoms with Gasteiger partial charge in [-0.15, -0.1) is 11.6 Å². The van der Waals surface area contributed by atoms with Gasteiger partial charge >= 0.3 is 0 Å². The molecule has 3 heterocycles. The van der Waals surface area contributed by atoms with E-state index in [1.807, 2.05) is 10.6 Å². The fraction of sp³-hybridized carbons (Fsp3) is 0.333. The summed E-state index contributed by atoms with van der Waals surface area (Å²) in [6.45, 7) is 0.680. The Bertz CT molecular complexity index is 712. The van der Waals surface area contributed by atoms with E-state index in [9.17, 15) is 0 Å². The number of nitrogens with zero attached hydrogens (tertiary/aromatic N) is 5. The molecular formula is C12H11BrClN5O. The Morgan fingerprint density at radius 3 is 2.95 bits per heavy atom. The molecule has 0 saturated carbocycles. The molecule has 0 fully saturated rings. The zero-order chi connectivity index (χ0) is 13.9. The van der Waals surface area contributed by atoms with E-state index in [0.717, 1.165) is 21.5 Å². The standard InChI is InChI=1S/C12H11BrClN5O/c13-8-5-9-12(15-6-8)19(10(18-9)1-3-14)4-2-11-16-7-17-20-11/h5-7H,1-4H2. The van der Waals surface area contributed by atoms with Crippen LogP contribution in [0.25, 0.3) is 11.2 Å². The van der Waals surface area contributed by atoms with Crippen LogP contribution in [0.15, 0.2) is 27.6 Å². The highest BCUT2D eigenvalue weighted by Gasteiger charge is 2.13. The second kappa shape index (κ2) is 5.88. The molecule has 0 unspecified atom stereocenters. The van der Waals surface area contributed by atoms with Crippen LogP contribution >= 0.6 is 27.5 Å². The van der Waals surface area contributed by atoms with Crippen LogP contribution in [0, 0.1) is 0 Å². The van der Waals surface area contributed by atoms with Gasteiger partial charge in [0.2, 0.25) is 5.89 Å². The third-order valence-corrected chi connectivity index (χ3v) is 3.53. The highest BCUT2D eigenvalue weighted by Crippen LogP contribution is 2.19. The molecule has 104 valence electrons. The summed E-state index contributed by atoms with van der Waals surface area (Å²) < 4.78 is 7.97. The first kappa shape index (κ1) is 13.5. The summed E-state index contributed by atoms with van der Waals surface area (Å²) in [5, 5.41) is 3.60. The number of pyridine rings is 1. The molecule has 8 heteroatoms. The van der Waals surface area contributed by atoms with Crippen molar-refractivity contribution in [1.82, 2.24) is 24.7 Å². The fourth-order valence-electron chi connectivity index (χ4n) is 2.06. The topological polar surface area (TPSA) is 69.6 Å². The summed E-state index contributed by atoms with van der Waals surface area (Å²) in [6.07, 6.45) is 4.49. The van der Waals surface area contributed by atoms with Crippen molar-refractivity contribution in [1.29, 1.82) is 0 Å². The molecule has 3 aromatic heterocycles. The van der Waals surface area contributed by atoms with Gasteiger partial charge in [0.15, 0.2) is 12.0 Å². The van der Waals surface area contributed by atoms with Crippen molar-refractivity contribution in [3.05, 3.63) is 34.8 Å². The van der Waals surface area contributed by atoms with E-state index >= 15 is 0 Å². The Balaban J connectivity index is 1.95. The Hall–Kier alpha value is -1.47. The summed E-state index contributed by atoms with van der Waals surface area (Å²) in [5.41, 5.74) is 1.69. The minimum absolute atomic E-state index is 0.519. The molecule has 0 spiro atoms. The van der Waals surface area contributed by atoms with E-state index < -0.39 is 0 Å². The number of alkyl halides is 1. The van der Waals surface area contributed by atoms with Crippen molar-refractivity contribution in [2.45, 2.75) is 19.4 Å². The first-order valence-electron chi connectivity index (χ1n) is 6.10. The Kier molecular flexibility index (Phi) is 3.98. The van der Waals surface area contributed by atoms with Crippen molar-refractivity contribution < 1.29 is 4.52 Å². The second-order valence-electron chi connectivity index (χ2n) is 4.20. The highest BCUT2D eigenvalue weighted by molar-refractivity contribution is 9.10. The molecular weight excluding hydrogens is 346 g/mol. The number of fused-ring (bicyclic) bond motifs is 1. The third-order valence-electron chi connectivity index (χ3n) is 2.90. The van der Waals surface area contributed by atoms with E-state index in [1.54, 1.807) is 6.20 Å². The van der Waals surface area contributed by atoms with E-state index in [2.05, 4.69) is 36.0 Å². The van der Waals surface area contributed by atoms with E-state index in [4.69, 9.17) is 16.1 Å². The number of imidazole rings is 1. The maximum Gasteiger partial charge on any atom is 0.228 e. The van der Waals surface area contributed by atoms with Gasteiger partial charge in [0.25, 0.3) is 0 Å². The lowest BCUT2D eigenvalue weighted by Crippen LogP contribution is -2.07. The van der Waals surface area contributed by atoms with Crippen molar-refractivity contribution in [2.24, 2.45) is 0 Å². The first-order valence-corrected chi connectivity index (χ1v) is 7.43. The molecule has 6 nitrogen and oxygen atoms in total. The van der Waals surface area contributed by atoms with Crippen LogP contribution in [0.2, 0.25) is 0 Å². The first-order chi connectivity index (χ1) is 9.78. The van der Waals surface area contributed by atoms with Crippen molar-refractivity contribution in [3.8, 4) is 0 Å². The van der Waals surface area contributed by atoms with Crippen LogP contribution in [-0.2, 0) is 19.4 Å². The number of hydrogen-bond donors (Lipinski definition) is 0. The Morgan fingerprint density at radius 2 is 2.20 bits per heavy atom. The average Bonchev–Trinajstić information content (AvgIpc) is 3.04. The van der Waals surface area contributed by atoms with E-state index in [0.29, 0.717) is 31.2 Å². The summed E-state index contributed by atoms with van der Waals surface area (Å²) in [7, 11) is 0. The molecule has 0 amide bonds. The van der Waals surface area contributed by atoms with Crippen LogP contribution in [0.4, 0.5) is 0 Å². The average molecular weight is 357 g/mol. The smallest absolute Gasteiger partial charge is 0.228 e. The maximum absolute atomic E-state index is 5.84. The SMILES string of the molecule is ClCCc1nc2cc(Br)cnc2n1CCc1ncno1. The Morgan fingerprint density at radius 1 is 1.30 bits per heavy atom. The van der Waals surface area contributed by atoms with E-state index in [1.165, 1.54) is 6.33 Å². The van der Waals surface area contributed by atoms with Gasteiger partial charge in [0, 0.05) is 35.9 Å². The molecule has 0 bridgehead atoms. The van der Waals surface area contributed by atoms with Crippen LogP contribution in [0.3, 0.4) is 0 Å². The second-order valence-corrected chi connectivity index (χ2v) is 5.49. The number of aromatic nitrogens is 5. The van der Waals surface area contributed by atoms with Crippen molar-refractivity contribution in [2.75, 3.05) is 5.88 Å². The molecule has 0 aliphatic carbocycles. The summed E-state index contributed by atoms with van der Waals surface area (Å²) in [4.78, 5) is 13.0. The molecule has 0 aliphatic rings. The normalized spacial score (nSPS) is 11.3. The third kappa shape index (κ3) is 2.69. The van der Waals surface area contributed by atoms with Crippen LogP contribution < -0.4 is 0 Å². The van der Waals surface area contributed by atoms with Gasteiger partial charge in [0.1, 0.15) is 11.3 Å². The molecule has 0 aromatic carbocycles. The maximum atomic E-state index is 5.84. The number of aryl methyl sites for hydroxylation is 3. The predicted octanol–water partition coefficient (Wildman–Crippen LogP) is 2.60. The molecule has 3 aromatic rings. The van der Waals surface area contributed by atoms with Crippen LogP contribution in [0.1, 0.15) is 11.7 Å². The zero-order valence-electron chi connectivity index (χ0n) is 10.5. The minimum atomic E-state index is 0.519.